The Morgan fingerprint density at radius 3 is 2.47 bits per heavy atom. The van der Waals surface area contributed by atoms with Gasteiger partial charge in [0.25, 0.3) is 5.92 Å². The molecule has 0 amide bonds. The molecule has 0 aromatic rings. The Bertz CT molecular complexity index is 322. The number of hydrogen-bond donors (Lipinski definition) is 1. The molecule has 0 aromatic carbocycles. The van der Waals surface area contributed by atoms with E-state index < -0.39 is 5.92 Å². The van der Waals surface area contributed by atoms with Gasteiger partial charge in [0.15, 0.2) is 0 Å². The van der Waals surface area contributed by atoms with Crippen LogP contribution in [0, 0.1) is 0 Å². The van der Waals surface area contributed by atoms with Crippen molar-refractivity contribution in [3.05, 3.63) is 36.1 Å². The van der Waals surface area contributed by atoms with E-state index in [-0.39, 0.29) is 12.8 Å². The molecule has 1 heterocycles. The summed E-state index contributed by atoms with van der Waals surface area (Å²) < 4.78 is 26.0. The highest BCUT2D eigenvalue weighted by molar-refractivity contribution is 5.31. The van der Waals surface area contributed by atoms with Crippen LogP contribution in [0.25, 0.3) is 0 Å². The molecular formula is C13H20F2N2. The number of hydrogen-bond acceptors (Lipinski definition) is 2. The first-order valence-electron chi connectivity index (χ1n) is 5.82. The Kier molecular flexibility index (Phi) is 4.87. The van der Waals surface area contributed by atoms with Crippen LogP contribution in [-0.2, 0) is 0 Å². The number of nitrogens with zero attached hydrogens (tertiary/aromatic N) is 1. The summed E-state index contributed by atoms with van der Waals surface area (Å²) in [6, 6.07) is 0. The minimum absolute atomic E-state index is 0.0654. The van der Waals surface area contributed by atoms with Gasteiger partial charge in [-0.15, -0.1) is 0 Å². The zero-order valence-corrected chi connectivity index (χ0v) is 10.3. The third kappa shape index (κ3) is 4.30. The lowest BCUT2D eigenvalue weighted by Gasteiger charge is -2.32. The summed E-state index contributed by atoms with van der Waals surface area (Å²) in [5.41, 5.74) is 7.46. The van der Waals surface area contributed by atoms with Gasteiger partial charge in [-0.2, -0.15) is 0 Å². The highest BCUT2D eigenvalue weighted by Gasteiger charge is 2.33. The van der Waals surface area contributed by atoms with Crippen molar-refractivity contribution in [2.24, 2.45) is 5.73 Å². The predicted molar refractivity (Wildman–Crippen MR) is 66.8 cm³/mol. The third-order valence-corrected chi connectivity index (χ3v) is 2.98. The maximum absolute atomic E-state index is 13.0. The van der Waals surface area contributed by atoms with Gasteiger partial charge in [0.05, 0.1) is 0 Å². The molecule has 0 bridgehead atoms. The maximum Gasteiger partial charge on any atom is 0.250 e. The largest absolute Gasteiger partial charge is 0.399 e. The van der Waals surface area contributed by atoms with Crippen LogP contribution in [-0.4, -0.2) is 30.5 Å². The molecule has 0 saturated carbocycles. The highest BCUT2D eigenvalue weighted by atomic mass is 19.3. The van der Waals surface area contributed by atoms with E-state index >= 15 is 0 Å². The van der Waals surface area contributed by atoms with Crippen molar-refractivity contribution in [3.63, 3.8) is 0 Å². The molecule has 1 aliphatic rings. The number of nitrogens with two attached hydrogens (primary N) is 1. The van der Waals surface area contributed by atoms with Crippen LogP contribution in [0.1, 0.15) is 19.8 Å². The molecule has 1 aliphatic heterocycles. The van der Waals surface area contributed by atoms with Gasteiger partial charge in [0.2, 0.25) is 0 Å². The second-order valence-electron chi connectivity index (χ2n) is 4.30. The first kappa shape index (κ1) is 13.9. The average molecular weight is 242 g/mol. The lowest BCUT2D eigenvalue weighted by molar-refractivity contribution is -0.0533. The first-order chi connectivity index (χ1) is 7.98. The number of piperidine rings is 1. The van der Waals surface area contributed by atoms with E-state index in [1.807, 2.05) is 24.0 Å². The zero-order chi connectivity index (χ0) is 12.9. The number of alkyl halides is 2. The summed E-state index contributed by atoms with van der Waals surface area (Å²) in [5, 5.41) is 0. The van der Waals surface area contributed by atoms with Crippen LogP contribution in [0.2, 0.25) is 0 Å². The highest BCUT2D eigenvalue weighted by Crippen LogP contribution is 2.28. The van der Waals surface area contributed by atoms with Crippen molar-refractivity contribution < 1.29 is 8.78 Å². The quantitative estimate of drug-likeness (QED) is 0.768. The molecule has 1 fully saturated rings. The van der Waals surface area contributed by atoms with Crippen LogP contribution in [0.15, 0.2) is 36.1 Å². The Balaban J connectivity index is 2.59. The lowest BCUT2D eigenvalue weighted by atomic mass is 10.0. The van der Waals surface area contributed by atoms with Gasteiger partial charge in [-0.25, -0.2) is 8.78 Å². The standard InChI is InChI=1S/C13H20F2N2/c1-3-5-11(12(16)4-2)10-17-8-6-13(14,15)7-9-17/h3-5H,1,6-10,16H2,2H3/b11-5-,12-4+. The van der Waals surface area contributed by atoms with Gasteiger partial charge in [0.1, 0.15) is 0 Å². The number of halogens is 2. The summed E-state index contributed by atoms with van der Waals surface area (Å²) >= 11 is 0. The lowest BCUT2D eigenvalue weighted by Crippen LogP contribution is -2.40. The van der Waals surface area contributed by atoms with Crippen molar-refractivity contribution in [1.29, 1.82) is 0 Å². The Hall–Kier alpha value is -1.16. The topological polar surface area (TPSA) is 29.3 Å². The Morgan fingerprint density at radius 1 is 1.41 bits per heavy atom. The van der Waals surface area contributed by atoms with Crippen LogP contribution in [0.3, 0.4) is 0 Å². The zero-order valence-electron chi connectivity index (χ0n) is 10.3. The van der Waals surface area contributed by atoms with E-state index in [0.29, 0.717) is 25.3 Å². The number of likely N-dealkylation sites (tertiary alicyclic amines) is 1. The van der Waals surface area contributed by atoms with Crippen LogP contribution in [0.4, 0.5) is 8.78 Å². The average Bonchev–Trinajstić information content (AvgIpc) is 2.30. The SMILES string of the molecule is C=C/C=C(CN1CCC(F)(F)CC1)\C(N)=C/C. The van der Waals surface area contributed by atoms with E-state index in [9.17, 15) is 8.78 Å². The molecule has 2 nitrogen and oxygen atoms in total. The van der Waals surface area contributed by atoms with E-state index in [1.165, 1.54) is 0 Å². The summed E-state index contributed by atoms with van der Waals surface area (Å²) in [5.74, 6) is -2.50. The van der Waals surface area contributed by atoms with Crippen molar-refractivity contribution in [3.8, 4) is 0 Å². The fraction of sp³-hybridized carbons (Fsp3) is 0.538. The fourth-order valence-corrected chi connectivity index (χ4v) is 1.85. The van der Waals surface area contributed by atoms with Crippen molar-refractivity contribution in [2.45, 2.75) is 25.7 Å². The Morgan fingerprint density at radius 2 is 2.00 bits per heavy atom. The molecule has 0 aromatic heterocycles. The van der Waals surface area contributed by atoms with E-state index in [0.717, 1.165) is 5.57 Å². The predicted octanol–water partition coefficient (Wildman–Crippen LogP) is 2.69. The second kappa shape index (κ2) is 5.96. The van der Waals surface area contributed by atoms with Crippen molar-refractivity contribution >= 4 is 0 Å². The van der Waals surface area contributed by atoms with E-state index in [2.05, 4.69) is 6.58 Å². The van der Waals surface area contributed by atoms with Crippen molar-refractivity contribution in [2.75, 3.05) is 19.6 Å². The van der Waals surface area contributed by atoms with Gasteiger partial charge in [-0.05, 0) is 12.5 Å². The normalized spacial score (nSPS) is 22.5. The van der Waals surface area contributed by atoms with Gasteiger partial charge in [0, 0.05) is 38.2 Å². The molecule has 2 N–H and O–H groups in total. The molecule has 0 spiro atoms. The van der Waals surface area contributed by atoms with Crippen molar-refractivity contribution in [1.82, 2.24) is 4.90 Å². The minimum Gasteiger partial charge on any atom is -0.399 e. The molecule has 0 unspecified atom stereocenters. The molecule has 96 valence electrons. The van der Waals surface area contributed by atoms with E-state index in [1.54, 1.807) is 6.08 Å². The monoisotopic (exact) mass is 242 g/mol. The van der Waals surface area contributed by atoms with Gasteiger partial charge >= 0.3 is 0 Å². The van der Waals surface area contributed by atoms with Gasteiger partial charge in [-0.1, -0.05) is 24.8 Å². The van der Waals surface area contributed by atoms with Crippen LogP contribution >= 0.6 is 0 Å². The summed E-state index contributed by atoms with van der Waals surface area (Å²) in [4.78, 5) is 2.00. The summed E-state index contributed by atoms with van der Waals surface area (Å²) in [6.45, 7) is 6.93. The summed E-state index contributed by atoms with van der Waals surface area (Å²) in [7, 11) is 0. The first-order valence-corrected chi connectivity index (χ1v) is 5.82. The molecule has 1 saturated heterocycles. The number of allylic oxidation sites excluding steroid dienone is 3. The molecule has 17 heavy (non-hydrogen) atoms. The molecule has 0 radical (unpaired) electrons. The molecule has 4 heteroatoms. The van der Waals surface area contributed by atoms with E-state index in [4.69, 9.17) is 5.73 Å². The van der Waals surface area contributed by atoms with Crippen LogP contribution in [0.5, 0.6) is 0 Å². The van der Waals surface area contributed by atoms with Gasteiger partial charge in [-0.3, -0.25) is 4.90 Å². The molecule has 1 rings (SSSR count). The number of rotatable bonds is 4. The summed E-state index contributed by atoms with van der Waals surface area (Å²) in [6.07, 6.45) is 5.19. The second-order valence-corrected chi connectivity index (χ2v) is 4.30. The third-order valence-electron chi connectivity index (χ3n) is 2.98. The smallest absolute Gasteiger partial charge is 0.250 e. The molecule has 0 aliphatic carbocycles. The molecular weight excluding hydrogens is 222 g/mol. The Labute approximate surface area is 101 Å². The molecule has 0 atom stereocenters. The van der Waals surface area contributed by atoms with Crippen LogP contribution < -0.4 is 5.73 Å². The maximum atomic E-state index is 13.0. The minimum atomic E-state index is -2.50. The fourth-order valence-electron chi connectivity index (χ4n) is 1.85. The van der Waals surface area contributed by atoms with Gasteiger partial charge < -0.3 is 5.73 Å².